The molecule has 3 aromatic rings. The summed E-state index contributed by atoms with van der Waals surface area (Å²) in [5.41, 5.74) is 1.89. The molecule has 0 atom stereocenters. The molecule has 1 fully saturated rings. The predicted octanol–water partition coefficient (Wildman–Crippen LogP) is 4.83. The van der Waals surface area contributed by atoms with Crippen molar-refractivity contribution in [1.82, 2.24) is 9.47 Å². The third-order valence-corrected chi connectivity index (χ3v) is 5.88. The van der Waals surface area contributed by atoms with E-state index in [9.17, 15) is 13.6 Å². The molecule has 0 bridgehead atoms. The first kappa shape index (κ1) is 21.0. The van der Waals surface area contributed by atoms with E-state index in [4.69, 9.17) is 16.3 Å². The molecule has 4 rings (SSSR count). The molecule has 0 radical (unpaired) electrons. The SMILES string of the molecule is Cc1c(C(=O)c2ccc(F)cc2F)c2cc(Cl)ccc2n1CCCN1CCOCC1. The van der Waals surface area contributed by atoms with Crippen molar-refractivity contribution in [1.29, 1.82) is 0 Å². The molecule has 0 amide bonds. The van der Waals surface area contributed by atoms with Gasteiger partial charge in [-0.05, 0) is 43.7 Å². The van der Waals surface area contributed by atoms with Gasteiger partial charge >= 0.3 is 0 Å². The monoisotopic (exact) mass is 432 g/mol. The average Bonchev–Trinajstić information content (AvgIpc) is 2.99. The molecular formula is C23H23ClF2N2O2. The van der Waals surface area contributed by atoms with Crippen molar-refractivity contribution in [3.63, 3.8) is 0 Å². The first-order valence-corrected chi connectivity index (χ1v) is 10.4. The van der Waals surface area contributed by atoms with Gasteiger partial charge in [-0.1, -0.05) is 11.6 Å². The molecule has 0 N–H and O–H groups in total. The molecule has 0 unspecified atom stereocenters. The maximum Gasteiger partial charge on any atom is 0.198 e. The second-order valence-electron chi connectivity index (χ2n) is 7.53. The molecule has 0 saturated carbocycles. The van der Waals surface area contributed by atoms with E-state index in [1.165, 1.54) is 6.07 Å². The quantitative estimate of drug-likeness (QED) is 0.523. The van der Waals surface area contributed by atoms with Gasteiger partial charge in [0.15, 0.2) is 5.78 Å². The van der Waals surface area contributed by atoms with E-state index in [1.807, 2.05) is 13.0 Å². The molecule has 30 heavy (non-hydrogen) atoms. The number of ether oxygens (including phenoxy) is 1. The lowest BCUT2D eigenvalue weighted by Crippen LogP contribution is -2.37. The molecule has 1 aromatic heterocycles. The van der Waals surface area contributed by atoms with Gasteiger partial charge in [0, 0.05) is 53.9 Å². The average molecular weight is 433 g/mol. The van der Waals surface area contributed by atoms with Crippen molar-refractivity contribution in [3.8, 4) is 0 Å². The van der Waals surface area contributed by atoms with Crippen LogP contribution in [0.2, 0.25) is 5.02 Å². The van der Waals surface area contributed by atoms with Crippen LogP contribution in [0.25, 0.3) is 10.9 Å². The minimum atomic E-state index is -0.866. The van der Waals surface area contributed by atoms with Crippen molar-refractivity contribution in [2.75, 3.05) is 32.8 Å². The summed E-state index contributed by atoms with van der Waals surface area (Å²) in [7, 11) is 0. The number of carbonyl (C=O) groups is 1. The van der Waals surface area contributed by atoms with E-state index in [0.29, 0.717) is 16.0 Å². The standard InChI is InChI=1S/C23H23ClF2N2O2/c1-15-22(23(29)18-5-4-17(25)14-20(18)26)19-13-16(24)3-6-21(19)28(15)8-2-7-27-9-11-30-12-10-27/h3-6,13-14H,2,7-12H2,1H3. The zero-order valence-electron chi connectivity index (χ0n) is 16.8. The molecule has 2 aromatic carbocycles. The molecule has 1 saturated heterocycles. The Morgan fingerprint density at radius 1 is 1.10 bits per heavy atom. The first-order valence-electron chi connectivity index (χ1n) is 10.0. The van der Waals surface area contributed by atoms with Crippen LogP contribution in [0.4, 0.5) is 8.78 Å². The number of hydrogen-bond acceptors (Lipinski definition) is 3. The molecule has 7 heteroatoms. The molecule has 0 spiro atoms. The minimum Gasteiger partial charge on any atom is -0.379 e. The molecule has 4 nitrogen and oxygen atoms in total. The van der Waals surface area contributed by atoms with Crippen molar-refractivity contribution in [2.24, 2.45) is 0 Å². The first-order chi connectivity index (χ1) is 14.5. The van der Waals surface area contributed by atoms with Gasteiger partial charge in [-0.15, -0.1) is 0 Å². The van der Waals surface area contributed by atoms with Gasteiger partial charge in [-0.3, -0.25) is 9.69 Å². The lowest BCUT2D eigenvalue weighted by atomic mass is 10.00. The molecular weight excluding hydrogens is 410 g/mol. The zero-order chi connectivity index (χ0) is 21.3. The minimum absolute atomic E-state index is 0.146. The van der Waals surface area contributed by atoms with E-state index in [1.54, 1.807) is 12.1 Å². The number of nitrogens with zero attached hydrogens (tertiary/aromatic N) is 2. The summed E-state index contributed by atoms with van der Waals surface area (Å²) in [4.78, 5) is 15.6. The highest BCUT2D eigenvalue weighted by molar-refractivity contribution is 6.31. The fourth-order valence-electron chi connectivity index (χ4n) is 4.11. The van der Waals surface area contributed by atoms with Crippen LogP contribution in [0.5, 0.6) is 0 Å². The van der Waals surface area contributed by atoms with Crippen LogP contribution >= 0.6 is 11.6 Å². The van der Waals surface area contributed by atoms with Crippen LogP contribution in [0, 0.1) is 18.6 Å². The fourth-order valence-corrected chi connectivity index (χ4v) is 4.29. The van der Waals surface area contributed by atoms with Crippen molar-refractivity contribution in [2.45, 2.75) is 19.9 Å². The number of carbonyl (C=O) groups excluding carboxylic acids is 1. The van der Waals surface area contributed by atoms with Crippen LogP contribution in [0.15, 0.2) is 36.4 Å². The maximum atomic E-state index is 14.3. The van der Waals surface area contributed by atoms with Crippen LogP contribution in [-0.4, -0.2) is 48.1 Å². The third-order valence-electron chi connectivity index (χ3n) is 5.65. The van der Waals surface area contributed by atoms with Gasteiger partial charge in [-0.2, -0.15) is 0 Å². The molecule has 2 heterocycles. The Kier molecular flexibility index (Phi) is 6.18. The van der Waals surface area contributed by atoms with Crippen molar-refractivity contribution < 1.29 is 18.3 Å². The topological polar surface area (TPSA) is 34.5 Å². The Bertz CT molecular complexity index is 1090. The number of hydrogen-bond donors (Lipinski definition) is 0. The van der Waals surface area contributed by atoms with E-state index < -0.39 is 17.4 Å². The summed E-state index contributed by atoms with van der Waals surface area (Å²) in [5.74, 6) is -2.05. The number of rotatable bonds is 6. The van der Waals surface area contributed by atoms with Gasteiger partial charge < -0.3 is 9.30 Å². The van der Waals surface area contributed by atoms with E-state index in [-0.39, 0.29) is 5.56 Å². The van der Waals surface area contributed by atoms with Crippen LogP contribution in [0.1, 0.15) is 28.0 Å². The fraction of sp³-hybridized carbons (Fsp3) is 0.348. The van der Waals surface area contributed by atoms with Gasteiger partial charge in [-0.25, -0.2) is 8.78 Å². The Morgan fingerprint density at radius 3 is 2.60 bits per heavy atom. The molecule has 1 aliphatic rings. The summed E-state index contributed by atoms with van der Waals surface area (Å²) in [6.45, 7) is 6.88. The zero-order valence-corrected chi connectivity index (χ0v) is 17.5. The van der Waals surface area contributed by atoms with Crippen LogP contribution < -0.4 is 0 Å². The summed E-state index contributed by atoms with van der Waals surface area (Å²) in [5, 5.41) is 1.18. The lowest BCUT2D eigenvalue weighted by Gasteiger charge is -2.26. The number of fused-ring (bicyclic) bond motifs is 1. The predicted molar refractivity (Wildman–Crippen MR) is 113 cm³/mol. The number of morpholine rings is 1. The Labute approximate surface area is 179 Å². The Hall–Kier alpha value is -2.28. The van der Waals surface area contributed by atoms with E-state index >= 15 is 0 Å². The van der Waals surface area contributed by atoms with Gasteiger partial charge in [0.25, 0.3) is 0 Å². The number of aromatic nitrogens is 1. The third kappa shape index (κ3) is 4.13. The van der Waals surface area contributed by atoms with Gasteiger partial charge in [0.05, 0.1) is 24.3 Å². The summed E-state index contributed by atoms with van der Waals surface area (Å²) >= 11 is 6.20. The van der Waals surface area contributed by atoms with Gasteiger partial charge in [0.1, 0.15) is 11.6 Å². The Balaban J connectivity index is 1.68. The number of aryl methyl sites for hydroxylation is 1. The number of benzene rings is 2. The number of halogens is 3. The highest BCUT2D eigenvalue weighted by Gasteiger charge is 2.24. The smallest absolute Gasteiger partial charge is 0.198 e. The van der Waals surface area contributed by atoms with Crippen molar-refractivity contribution >= 4 is 28.3 Å². The second kappa shape index (κ2) is 8.84. The van der Waals surface area contributed by atoms with E-state index in [0.717, 1.165) is 69.2 Å². The molecule has 1 aliphatic heterocycles. The van der Waals surface area contributed by atoms with Crippen LogP contribution in [0.3, 0.4) is 0 Å². The van der Waals surface area contributed by atoms with Crippen molar-refractivity contribution in [3.05, 3.63) is 69.9 Å². The highest BCUT2D eigenvalue weighted by Crippen LogP contribution is 2.31. The van der Waals surface area contributed by atoms with Gasteiger partial charge in [0.2, 0.25) is 0 Å². The Morgan fingerprint density at radius 2 is 1.87 bits per heavy atom. The second-order valence-corrected chi connectivity index (χ2v) is 7.97. The maximum absolute atomic E-state index is 14.3. The molecule has 158 valence electrons. The van der Waals surface area contributed by atoms with Crippen LogP contribution in [-0.2, 0) is 11.3 Å². The summed E-state index contributed by atoms with van der Waals surface area (Å²) < 4.78 is 35.1. The largest absolute Gasteiger partial charge is 0.379 e. The van der Waals surface area contributed by atoms with E-state index in [2.05, 4.69) is 9.47 Å². The summed E-state index contributed by atoms with van der Waals surface area (Å²) in [6, 6.07) is 8.43. The summed E-state index contributed by atoms with van der Waals surface area (Å²) in [6.07, 6.45) is 0.909. The number of ketones is 1. The normalized spacial score (nSPS) is 15.1. The molecule has 0 aliphatic carbocycles. The highest BCUT2D eigenvalue weighted by atomic mass is 35.5. The lowest BCUT2D eigenvalue weighted by molar-refractivity contribution is 0.0369.